The molecule has 0 spiro atoms. The third-order valence-electron chi connectivity index (χ3n) is 4.97. The zero-order valence-electron chi connectivity index (χ0n) is 20.4. The third-order valence-corrected chi connectivity index (χ3v) is 4.97. The summed E-state index contributed by atoms with van der Waals surface area (Å²) in [6.07, 6.45) is -0.534. The monoisotopic (exact) mass is 568 g/mol. The fraction of sp³-hybridized carbons (Fsp3) is 0.857. The first-order valence-corrected chi connectivity index (χ1v) is 11.1. The standard InChI is InChI=1S/C21H40N6O4.HI/c1-20(2,3)30-18(28)26-11-9-24(10-12-26)8-7-23-17(22)25-13-15-27(16-14-25)19(29)31-21(4,5)6;/h7-16H2,1-6H3,(H2,22,23);1H. The van der Waals surface area contributed by atoms with Gasteiger partial charge < -0.3 is 29.9 Å². The Balaban J connectivity index is 0.00000512. The number of nitrogens with two attached hydrogens (primary N) is 1. The zero-order valence-corrected chi connectivity index (χ0v) is 22.8. The predicted octanol–water partition coefficient (Wildman–Crippen LogP) is 2.02. The van der Waals surface area contributed by atoms with Crippen molar-refractivity contribution in [2.24, 2.45) is 10.7 Å². The molecule has 0 aliphatic carbocycles. The molecule has 0 atom stereocenters. The normalized spacial score (nSPS) is 18.8. The lowest BCUT2D eigenvalue weighted by Gasteiger charge is -2.36. The molecule has 2 saturated heterocycles. The van der Waals surface area contributed by atoms with Crippen molar-refractivity contribution in [2.45, 2.75) is 52.7 Å². The van der Waals surface area contributed by atoms with Crippen LogP contribution in [0.1, 0.15) is 41.5 Å². The molecule has 0 aromatic carbocycles. The number of rotatable bonds is 3. The first kappa shape index (κ1) is 28.5. The zero-order chi connectivity index (χ0) is 23.2. The van der Waals surface area contributed by atoms with Gasteiger partial charge in [-0.05, 0) is 41.5 Å². The minimum absolute atomic E-state index is 0. The second kappa shape index (κ2) is 12.1. The van der Waals surface area contributed by atoms with Crippen LogP contribution in [0.15, 0.2) is 4.99 Å². The summed E-state index contributed by atoms with van der Waals surface area (Å²) in [7, 11) is 0. The average Bonchev–Trinajstić information content (AvgIpc) is 2.66. The van der Waals surface area contributed by atoms with Gasteiger partial charge in [0.05, 0.1) is 6.54 Å². The highest BCUT2D eigenvalue weighted by Gasteiger charge is 2.27. The van der Waals surface area contributed by atoms with Gasteiger partial charge >= 0.3 is 12.2 Å². The molecule has 0 saturated carbocycles. The van der Waals surface area contributed by atoms with Crippen molar-refractivity contribution in [1.29, 1.82) is 0 Å². The summed E-state index contributed by atoms with van der Waals surface area (Å²) in [6, 6.07) is 0. The quantitative estimate of drug-likeness (QED) is 0.316. The highest BCUT2D eigenvalue weighted by atomic mass is 127. The van der Waals surface area contributed by atoms with Gasteiger partial charge in [-0.3, -0.25) is 9.89 Å². The van der Waals surface area contributed by atoms with E-state index in [2.05, 4.69) is 9.89 Å². The van der Waals surface area contributed by atoms with Gasteiger partial charge in [0.1, 0.15) is 11.2 Å². The lowest BCUT2D eigenvalue weighted by atomic mass is 10.2. The summed E-state index contributed by atoms with van der Waals surface area (Å²) >= 11 is 0. The van der Waals surface area contributed by atoms with Crippen LogP contribution < -0.4 is 5.73 Å². The number of hydrogen-bond donors (Lipinski definition) is 1. The average molecular weight is 569 g/mol. The van der Waals surface area contributed by atoms with E-state index < -0.39 is 11.2 Å². The number of halogens is 1. The van der Waals surface area contributed by atoms with Crippen molar-refractivity contribution in [2.75, 3.05) is 65.4 Å². The van der Waals surface area contributed by atoms with Crippen molar-refractivity contribution in [3.8, 4) is 0 Å². The highest BCUT2D eigenvalue weighted by Crippen LogP contribution is 2.13. The van der Waals surface area contributed by atoms with Gasteiger partial charge in [0.2, 0.25) is 0 Å². The van der Waals surface area contributed by atoms with E-state index in [0.717, 1.165) is 19.6 Å². The maximum atomic E-state index is 12.2. The number of aliphatic imine (C=N–C) groups is 1. The third kappa shape index (κ3) is 9.97. The molecule has 2 fully saturated rings. The molecule has 11 heteroatoms. The Morgan fingerprint density at radius 1 is 0.750 bits per heavy atom. The van der Waals surface area contributed by atoms with Crippen LogP contribution in [0.2, 0.25) is 0 Å². The van der Waals surface area contributed by atoms with E-state index >= 15 is 0 Å². The lowest BCUT2D eigenvalue weighted by molar-refractivity contribution is 0.0144. The molecule has 2 aliphatic heterocycles. The smallest absolute Gasteiger partial charge is 0.410 e. The molecule has 2 rings (SSSR count). The molecule has 2 N–H and O–H groups in total. The molecule has 32 heavy (non-hydrogen) atoms. The largest absolute Gasteiger partial charge is 0.444 e. The lowest BCUT2D eigenvalue weighted by Crippen LogP contribution is -2.53. The topological polar surface area (TPSA) is 104 Å². The molecule has 0 radical (unpaired) electrons. The van der Waals surface area contributed by atoms with Crippen LogP contribution in [0, 0.1) is 0 Å². The second-order valence-electron chi connectivity index (χ2n) is 10.0. The van der Waals surface area contributed by atoms with E-state index in [1.165, 1.54) is 0 Å². The number of carbonyl (C=O) groups excluding carboxylic acids is 2. The molecule has 2 amide bonds. The van der Waals surface area contributed by atoms with Crippen LogP contribution in [0.3, 0.4) is 0 Å². The SMILES string of the molecule is CC(C)(C)OC(=O)N1CCN(CCN=C(N)N2CCN(C(=O)OC(C)(C)C)CC2)CC1.I. The number of carbonyl (C=O) groups is 2. The maximum absolute atomic E-state index is 12.2. The van der Waals surface area contributed by atoms with Crippen LogP contribution in [-0.2, 0) is 9.47 Å². The van der Waals surface area contributed by atoms with Crippen molar-refractivity contribution >= 4 is 42.1 Å². The first-order valence-electron chi connectivity index (χ1n) is 11.1. The Morgan fingerprint density at radius 3 is 1.53 bits per heavy atom. The van der Waals surface area contributed by atoms with Gasteiger partial charge in [0.15, 0.2) is 5.96 Å². The fourth-order valence-corrected chi connectivity index (χ4v) is 3.33. The van der Waals surface area contributed by atoms with Crippen LogP contribution >= 0.6 is 24.0 Å². The summed E-state index contributed by atoms with van der Waals surface area (Å²) < 4.78 is 10.9. The van der Waals surface area contributed by atoms with Gasteiger partial charge in [0.25, 0.3) is 0 Å². The molecule has 2 aliphatic rings. The van der Waals surface area contributed by atoms with E-state index in [4.69, 9.17) is 15.2 Å². The van der Waals surface area contributed by atoms with Crippen LogP contribution in [0.25, 0.3) is 0 Å². The Kier molecular flexibility index (Phi) is 10.8. The van der Waals surface area contributed by atoms with Gasteiger partial charge in [-0.2, -0.15) is 0 Å². The van der Waals surface area contributed by atoms with Gasteiger partial charge in [-0.25, -0.2) is 9.59 Å². The number of hydrogen-bond acceptors (Lipinski definition) is 6. The summed E-state index contributed by atoms with van der Waals surface area (Å²) in [5.41, 5.74) is 5.19. The van der Waals surface area contributed by atoms with Crippen LogP contribution in [0.4, 0.5) is 9.59 Å². The number of nitrogens with zero attached hydrogens (tertiary/aromatic N) is 5. The van der Waals surface area contributed by atoms with Gasteiger partial charge in [0, 0.05) is 58.9 Å². The van der Waals surface area contributed by atoms with Crippen molar-refractivity contribution in [3.63, 3.8) is 0 Å². The first-order chi connectivity index (χ1) is 14.3. The molecule has 0 aromatic heterocycles. The predicted molar refractivity (Wildman–Crippen MR) is 136 cm³/mol. The Labute approximate surface area is 209 Å². The van der Waals surface area contributed by atoms with E-state index in [1.807, 2.05) is 46.4 Å². The Hall–Kier alpha value is -1.50. The van der Waals surface area contributed by atoms with Gasteiger partial charge in [-0.1, -0.05) is 0 Å². The second-order valence-corrected chi connectivity index (χ2v) is 10.0. The highest BCUT2D eigenvalue weighted by molar-refractivity contribution is 14.0. The summed E-state index contributed by atoms with van der Waals surface area (Å²) in [4.78, 5) is 36.5. The molecular weight excluding hydrogens is 527 g/mol. The summed E-state index contributed by atoms with van der Waals surface area (Å²) in [6.45, 7) is 17.9. The number of amides is 2. The minimum Gasteiger partial charge on any atom is -0.444 e. The number of piperazine rings is 2. The molecule has 10 nitrogen and oxygen atoms in total. The Morgan fingerprint density at radius 2 is 1.12 bits per heavy atom. The number of ether oxygens (including phenoxy) is 2. The van der Waals surface area contributed by atoms with Crippen molar-refractivity contribution in [3.05, 3.63) is 0 Å². The molecule has 186 valence electrons. The molecule has 0 unspecified atom stereocenters. The molecule has 0 aromatic rings. The Bertz CT molecular complexity index is 646. The maximum Gasteiger partial charge on any atom is 0.410 e. The summed E-state index contributed by atoms with van der Waals surface area (Å²) in [5, 5.41) is 0. The van der Waals surface area contributed by atoms with Crippen molar-refractivity contribution in [1.82, 2.24) is 19.6 Å². The minimum atomic E-state index is -0.493. The molecule has 2 heterocycles. The molecular formula is C21H41IN6O4. The fourth-order valence-electron chi connectivity index (χ4n) is 3.33. The van der Waals surface area contributed by atoms with Crippen LogP contribution in [-0.4, -0.2) is 114 Å². The van der Waals surface area contributed by atoms with E-state index in [-0.39, 0.29) is 36.2 Å². The molecule has 0 bridgehead atoms. The summed E-state index contributed by atoms with van der Waals surface area (Å²) in [5.74, 6) is 0.510. The van der Waals surface area contributed by atoms with Crippen LogP contribution in [0.5, 0.6) is 0 Å². The van der Waals surface area contributed by atoms with E-state index in [9.17, 15) is 9.59 Å². The van der Waals surface area contributed by atoms with E-state index in [1.54, 1.807) is 9.80 Å². The van der Waals surface area contributed by atoms with Crippen molar-refractivity contribution < 1.29 is 19.1 Å². The number of guanidine groups is 1. The van der Waals surface area contributed by atoms with Gasteiger partial charge in [-0.15, -0.1) is 24.0 Å². The van der Waals surface area contributed by atoms with E-state index in [0.29, 0.717) is 51.8 Å².